The Labute approximate surface area is 118 Å². The lowest BCUT2D eigenvalue weighted by molar-refractivity contribution is -0.115. The SMILES string of the molecule is CC#CC(=O)NCCc1nccn1Cc1ccccc1. The summed E-state index contributed by atoms with van der Waals surface area (Å²) in [4.78, 5) is 15.6. The molecular weight excluding hydrogens is 250 g/mol. The summed E-state index contributed by atoms with van der Waals surface area (Å²) in [6.45, 7) is 2.98. The maximum absolute atomic E-state index is 11.2. The van der Waals surface area contributed by atoms with Crippen LogP contribution in [0.4, 0.5) is 0 Å². The second kappa shape index (κ2) is 7.15. The first-order valence-electron chi connectivity index (χ1n) is 6.54. The van der Waals surface area contributed by atoms with Crippen LogP contribution in [-0.4, -0.2) is 22.0 Å². The number of carbonyl (C=O) groups is 1. The maximum Gasteiger partial charge on any atom is 0.295 e. The van der Waals surface area contributed by atoms with E-state index in [-0.39, 0.29) is 5.91 Å². The molecule has 0 aliphatic rings. The summed E-state index contributed by atoms with van der Waals surface area (Å²) in [6, 6.07) is 10.2. The van der Waals surface area contributed by atoms with Gasteiger partial charge in [-0.2, -0.15) is 0 Å². The zero-order valence-corrected chi connectivity index (χ0v) is 11.5. The quantitative estimate of drug-likeness (QED) is 0.837. The Bertz CT molecular complexity index is 620. The van der Waals surface area contributed by atoms with Gasteiger partial charge in [0.2, 0.25) is 0 Å². The van der Waals surface area contributed by atoms with Gasteiger partial charge in [0.15, 0.2) is 0 Å². The van der Waals surface area contributed by atoms with E-state index in [1.54, 1.807) is 13.1 Å². The molecule has 0 aliphatic carbocycles. The van der Waals surface area contributed by atoms with Gasteiger partial charge in [-0.3, -0.25) is 4.79 Å². The molecule has 1 aromatic heterocycles. The molecule has 1 N–H and O–H groups in total. The van der Waals surface area contributed by atoms with Crippen LogP contribution >= 0.6 is 0 Å². The second-order valence-electron chi connectivity index (χ2n) is 4.34. The predicted octanol–water partition coefficient (Wildman–Crippen LogP) is 1.61. The van der Waals surface area contributed by atoms with Gasteiger partial charge in [0.1, 0.15) is 5.82 Å². The monoisotopic (exact) mass is 267 g/mol. The zero-order chi connectivity index (χ0) is 14.2. The van der Waals surface area contributed by atoms with Crippen LogP contribution in [0.5, 0.6) is 0 Å². The van der Waals surface area contributed by atoms with Crippen LogP contribution in [0.1, 0.15) is 18.3 Å². The third kappa shape index (κ3) is 3.99. The van der Waals surface area contributed by atoms with Crippen LogP contribution in [0.2, 0.25) is 0 Å². The van der Waals surface area contributed by atoms with E-state index in [9.17, 15) is 4.79 Å². The molecule has 0 aliphatic heterocycles. The highest BCUT2D eigenvalue weighted by molar-refractivity contribution is 5.93. The molecule has 102 valence electrons. The Hall–Kier alpha value is -2.54. The van der Waals surface area contributed by atoms with Crippen molar-refractivity contribution in [2.24, 2.45) is 0 Å². The molecule has 0 saturated heterocycles. The first-order valence-corrected chi connectivity index (χ1v) is 6.54. The third-order valence-electron chi connectivity index (χ3n) is 2.87. The molecule has 0 radical (unpaired) electrons. The van der Waals surface area contributed by atoms with Crippen molar-refractivity contribution < 1.29 is 4.79 Å². The minimum atomic E-state index is -0.242. The number of rotatable bonds is 5. The average molecular weight is 267 g/mol. The normalized spacial score (nSPS) is 9.65. The van der Waals surface area contributed by atoms with E-state index in [0.717, 1.165) is 12.4 Å². The van der Waals surface area contributed by atoms with Crippen LogP contribution in [0.25, 0.3) is 0 Å². The smallest absolute Gasteiger partial charge is 0.295 e. The molecule has 1 amide bonds. The van der Waals surface area contributed by atoms with Crippen molar-refractivity contribution in [3.63, 3.8) is 0 Å². The summed E-state index contributed by atoms with van der Waals surface area (Å²) >= 11 is 0. The Morgan fingerprint density at radius 1 is 1.35 bits per heavy atom. The molecule has 0 bridgehead atoms. The molecule has 0 unspecified atom stereocenters. The first kappa shape index (κ1) is 13.9. The Balaban J connectivity index is 1.91. The number of benzene rings is 1. The van der Waals surface area contributed by atoms with Crippen molar-refractivity contribution >= 4 is 5.91 Å². The van der Waals surface area contributed by atoms with Crippen molar-refractivity contribution in [3.05, 3.63) is 54.1 Å². The fraction of sp³-hybridized carbons (Fsp3) is 0.250. The Morgan fingerprint density at radius 2 is 2.15 bits per heavy atom. The lowest BCUT2D eigenvalue weighted by atomic mass is 10.2. The molecule has 0 atom stereocenters. The number of hydrogen-bond donors (Lipinski definition) is 1. The summed E-state index contributed by atoms with van der Waals surface area (Å²) in [5, 5.41) is 2.75. The Morgan fingerprint density at radius 3 is 2.90 bits per heavy atom. The molecular formula is C16H17N3O. The summed E-state index contributed by atoms with van der Waals surface area (Å²) in [7, 11) is 0. The lowest BCUT2D eigenvalue weighted by Gasteiger charge is -2.08. The number of hydrogen-bond acceptors (Lipinski definition) is 2. The van der Waals surface area contributed by atoms with Gasteiger partial charge in [0, 0.05) is 31.9 Å². The highest BCUT2D eigenvalue weighted by Crippen LogP contribution is 2.05. The van der Waals surface area contributed by atoms with Crippen molar-refractivity contribution in [2.45, 2.75) is 19.9 Å². The zero-order valence-electron chi connectivity index (χ0n) is 11.5. The van der Waals surface area contributed by atoms with Gasteiger partial charge in [-0.25, -0.2) is 4.98 Å². The van der Waals surface area contributed by atoms with Crippen molar-refractivity contribution in [3.8, 4) is 11.8 Å². The minimum absolute atomic E-state index is 0.242. The van der Waals surface area contributed by atoms with E-state index in [1.807, 2.05) is 24.4 Å². The number of aromatic nitrogens is 2. The fourth-order valence-corrected chi connectivity index (χ4v) is 1.94. The highest BCUT2D eigenvalue weighted by atomic mass is 16.1. The third-order valence-corrected chi connectivity index (χ3v) is 2.87. The topological polar surface area (TPSA) is 46.9 Å². The molecule has 0 fully saturated rings. The van der Waals surface area contributed by atoms with Crippen LogP contribution in [-0.2, 0) is 17.8 Å². The Kier molecular flexibility index (Phi) is 4.96. The summed E-state index contributed by atoms with van der Waals surface area (Å²) in [5.41, 5.74) is 1.23. The fourth-order valence-electron chi connectivity index (χ4n) is 1.94. The van der Waals surface area contributed by atoms with E-state index in [1.165, 1.54) is 5.56 Å². The van der Waals surface area contributed by atoms with Gasteiger partial charge in [-0.05, 0) is 18.4 Å². The average Bonchev–Trinajstić information content (AvgIpc) is 2.88. The largest absolute Gasteiger partial charge is 0.345 e. The molecule has 20 heavy (non-hydrogen) atoms. The first-order chi connectivity index (χ1) is 9.79. The van der Waals surface area contributed by atoms with Crippen LogP contribution in [0, 0.1) is 11.8 Å². The predicted molar refractivity (Wildman–Crippen MR) is 77.9 cm³/mol. The van der Waals surface area contributed by atoms with Crippen LogP contribution in [0.3, 0.4) is 0 Å². The van der Waals surface area contributed by atoms with E-state index in [4.69, 9.17) is 0 Å². The summed E-state index contributed by atoms with van der Waals surface area (Å²) in [5.74, 6) is 5.74. The highest BCUT2D eigenvalue weighted by Gasteiger charge is 2.04. The van der Waals surface area contributed by atoms with Crippen molar-refractivity contribution in [1.29, 1.82) is 0 Å². The molecule has 1 heterocycles. The summed E-state index contributed by atoms with van der Waals surface area (Å²) < 4.78 is 2.09. The number of amides is 1. The van der Waals surface area contributed by atoms with Gasteiger partial charge in [-0.1, -0.05) is 36.3 Å². The molecule has 2 aromatic rings. The minimum Gasteiger partial charge on any atom is -0.345 e. The number of carbonyl (C=O) groups excluding carboxylic acids is 1. The van der Waals surface area contributed by atoms with E-state index < -0.39 is 0 Å². The maximum atomic E-state index is 11.2. The van der Waals surface area contributed by atoms with Crippen LogP contribution < -0.4 is 5.32 Å². The van der Waals surface area contributed by atoms with Crippen LogP contribution in [0.15, 0.2) is 42.7 Å². The molecule has 4 nitrogen and oxygen atoms in total. The van der Waals surface area contributed by atoms with E-state index in [0.29, 0.717) is 13.0 Å². The van der Waals surface area contributed by atoms with Gasteiger partial charge >= 0.3 is 0 Å². The molecule has 2 rings (SSSR count). The molecule has 0 spiro atoms. The van der Waals surface area contributed by atoms with Crippen molar-refractivity contribution in [2.75, 3.05) is 6.54 Å². The molecule has 1 aromatic carbocycles. The van der Waals surface area contributed by atoms with E-state index >= 15 is 0 Å². The van der Waals surface area contributed by atoms with Gasteiger partial charge in [0.25, 0.3) is 5.91 Å². The second-order valence-corrected chi connectivity index (χ2v) is 4.34. The molecule has 0 saturated carbocycles. The lowest BCUT2D eigenvalue weighted by Crippen LogP contribution is -2.25. The van der Waals surface area contributed by atoms with Gasteiger partial charge < -0.3 is 9.88 Å². The number of nitrogens with zero attached hydrogens (tertiary/aromatic N) is 2. The number of imidazole rings is 1. The van der Waals surface area contributed by atoms with E-state index in [2.05, 4.69) is 38.8 Å². The van der Waals surface area contributed by atoms with Crippen molar-refractivity contribution in [1.82, 2.24) is 14.9 Å². The van der Waals surface area contributed by atoms with Gasteiger partial charge in [0.05, 0.1) is 0 Å². The number of nitrogens with one attached hydrogen (secondary N) is 1. The van der Waals surface area contributed by atoms with Gasteiger partial charge in [-0.15, -0.1) is 0 Å². The standard InChI is InChI=1S/C16H17N3O/c1-2-6-16(20)18-10-9-15-17-11-12-19(15)13-14-7-4-3-5-8-14/h3-5,7-8,11-12H,9-10,13H2,1H3,(H,18,20). The summed E-state index contributed by atoms with van der Waals surface area (Å²) in [6.07, 6.45) is 4.43. The molecule has 4 heteroatoms.